The van der Waals surface area contributed by atoms with Crippen LogP contribution in [-0.2, 0) is 6.42 Å². The van der Waals surface area contributed by atoms with E-state index in [1.807, 2.05) is 31.2 Å². The zero-order valence-electron chi connectivity index (χ0n) is 15.2. The van der Waals surface area contributed by atoms with Crippen molar-refractivity contribution in [2.45, 2.75) is 13.3 Å². The summed E-state index contributed by atoms with van der Waals surface area (Å²) in [6.07, 6.45) is 2.26. The molecule has 0 aliphatic heterocycles. The topological polar surface area (TPSA) is 87.9 Å². The fourth-order valence-electron chi connectivity index (χ4n) is 2.39. The third-order valence-electron chi connectivity index (χ3n) is 3.64. The molecule has 0 aliphatic carbocycles. The maximum absolute atomic E-state index is 11.8. The summed E-state index contributed by atoms with van der Waals surface area (Å²) in [5.41, 5.74) is 1.13. The van der Waals surface area contributed by atoms with Crippen molar-refractivity contribution < 1.29 is 13.9 Å². The highest BCUT2D eigenvalue weighted by Crippen LogP contribution is 2.17. The average Bonchev–Trinajstić information content (AvgIpc) is 3.20. The molecule has 0 spiro atoms. The number of furan rings is 1. The lowest BCUT2D eigenvalue weighted by atomic mass is 10.1. The van der Waals surface area contributed by atoms with Crippen LogP contribution in [-0.4, -0.2) is 45.2 Å². The van der Waals surface area contributed by atoms with Crippen LogP contribution in [0.1, 0.15) is 23.0 Å². The first-order valence-corrected chi connectivity index (χ1v) is 8.70. The Morgan fingerprint density at radius 3 is 2.65 bits per heavy atom. The molecule has 0 saturated heterocycles. The van der Waals surface area contributed by atoms with Crippen molar-refractivity contribution in [1.82, 2.24) is 16.0 Å². The van der Waals surface area contributed by atoms with Gasteiger partial charge >= 0.3 is 0 Å². The second-order valence-corrected chi connectivity index (χ2v) is 5.48. The van der Waals surface area contributed by atoms with Crippen molar-refractivity contribution in [2.24, 2.45) is 4.99 Å². The van der Waals surface area contributed by atoms with Crippen LogP contribution in [0.15, 0.2) is 52.1 Å². The lowest BCUT2D eigenvalue weighted by molar-refractivity contribution is 0.0926. The number of aliphatic imine (C=N–C) groups is 1. The van der Waals surface area contributed by atoms with Gasteiger partial charge in [0.05, 0.1) is 13.4 Å². The summed E-state index contributed by atoms with van der Waals surface area (Å²) in [5, 5.41) is 9.17. The molecule has 26 heavy (non-hydrogen) atoms. The molecule has 0 atom stereocenters. The maximum atomic E-state index is 11.8. The summed E-state index contributed by atoms with van der Waals surface area (Å²) in [6, 6.07) is 11.3. The van der Waals surface area contributed by atoms with Crippen molar-refractivity contribution in [3.63, 3.8) is 0 Å². The molecule has 2 rings (SSSR count). The second kappa shape index (κ2) is 10.8. The van der Waals surface area contributed by atoms with Gasteiger partial charge in [0.15, 0.2) is 11.7 Å². The highest BCUT2D eigenvalue weighted by Gasteiger charge is 2.07. The SMILES string of the molecule is CCNC(=NCCc1ccccc1OC)NCCNC(=O)c1ccco1. The van der Waals surface area contributed by atoms with Gasteiger partial charge in [0, 0.05) is 26.2 Å². The Bertz CT molecular complexity index is 699. The normalized spacial score (nSPS) is 11.1. The van der Waals surface area contributed by atoms with Crippen molar-refractivity contribution >= 4 is 11.9 Å². The Labute approximate surface area is 153 Å². The van der Waals surface area contributed by atoms with Gasteiger partial charge in [-0.05, 0) is 37.1 Å². The van der Waals surface area contributed by atoms with Crippen molar-refractivity contribution in [3.05, 3.63) is 54.0 Å². The molecule has 0 saturated carbocycles. The minimum atomic E-state index is -0.227. The number of carbonyl (C=O) groups excluding carboxylic acids is 1. The second-order valence-electron chi connectivity index (χ2n) is 5.48. The Balaban J connectivity index is 1.76. The molecule has 1 aromatic heterocycles. The Morgan fingerprint density at radius 2 is 1.92 bits per heavy atom. The van der Waals surface area contributed by atoms with E-state index in [2.05, 4.69) is 20.9 Å². The van der Waals surface area contributed by atoms with Gasteiger partial charge in [-0.1, -0.05) is 18.2 Å². The molecule has 2 aromatic rings. The van der Waals surface area contributed by atoms with Crippen molar-refractivity contribution in [1.29, 1.82) is 0 Å². The van der Waals surface area contributed by atoms with Crippen LogP contribution in [0.4, 0.5) is 0 Å². The van der Waals surface area contributed by atoms with Gasteiger partial charge in [0.2, 0.25) is 0 Å². The monoisotopic (exact) mass is 358 g/mol. The number of hydrogen-bond acceptors (Lipinski definition) is 4. The van der Waals surface area contributed by atoms with Crippen LogP contribution in [0.3, 0.4) is 0 Å². The number of nitrogens with one attached hydrogen (secondary N) is 3. The number of rotatable bonds is 9. The molecular weight excluding hydrogens is 332 g/mol. The number of ether oxygens (including phenoxy) is 1. The van der Waals surface area contributed by atoms with Gasteiger partial charge in [-0.15, -0.1) is 0 Å². The van der Waals surface area contributed by atoms with E-state index in [4.69, 9.17) is 9.15 Å². The molecule has 0 aliphatic rings. The van der Waals surface area contributed by atoms with E-state index in [0.29, 0.717) is 25.4 Å². The summed E-state index contributed by atoms with van der Waals surface area (Å²) in [5.74, 6) is 1.67. The Morgan fingerprint density at radius 1 is 1.12 bits per heavy atom. The number of methoxy groups -OCH3 is 1. The first kappa shape index (κ1) is 19.4. The van der Waals surface area contributed by atoms with E-state index in [0.717, 1.165) is 30.2 Å². The molecule has 3 N–H and O–H groups in total. The van der Waals surface area contributed by atoms with Crippen LogP contribution < -0.4 is 20.7 Å². The fraction of sp³-hybridized carbons (Fsp3) is 0.368. The van der Waals surface area contributed by atoms with Crippen LogP contribution in [0.5, 0.6) is 5.75 Å². The summed E-state index contributed by atoms with van der Waals surface area (Å²) < 4.78 is 10.4. The summed E-state index contributed by atoms with van der Waals surface area (Å²) in [6.45, 7) is 4.44. The lowest BCUT2D eigenvalue weighted by Gasteiger charge is -2.12. The number of guanidine groups is 1. The number of carbonyl (C=O) groups is 1. The van der Waals surface area contributed by atoms with Gasteiger partial charge < -0.3 is 25.1 Å². The summed E-state index contributed by atoms with van der Waals surface area (Å²) in [7, 11) is 1.67. The van der Waals surface area contributed by atoms with Gasteiger partial charge in [-0.2, -0.15) is 0 Å². The van der Waals surface area contributed by atoms with E-state index in [1.165, 1.54) is 6.26 Å². The molecule has 140 valence electrons. The van der Waals surface area contributed by atoms with Gasteiger partial charge in [-0.3, -0.25) is 9.79 Å². The van der Waals surface area contributed by atoms with Crippen LogP contribution in [0.25, 0.3) is 0 Å². The molecule has 7 heteroatoms. The Kier molecular flexibility index (Phi) is 8.05. The molecule has 1 amide bonds. The maximum Gasteiger partial charge on any atom is 0.287 e. The highest BCUT2D eigenvalue weighted by atomic mass is 16.5. The molecule has 1 heterocycles. The molecule has 0 fully saturated rings. The van der Waals surface area contributed by atoms with Crippen LogP contribution >= 0.6 is 0 Å². The molecular formula is C19H26N4O3. The van der Waals surface area contributed by atoms with Gasteiger partial charge in [-0.25, -0.2) is 0 Å². The largest absolute Gasteiger partial charge is 0.496 e. The van der Waals surface area contributed by atoms with Crippen molar-refractivity contribution in [2.75, 3.05) is 33.3 Å². The average molecular weight is 358 g/mol. The van der Waals surface area contributed by atoms with Crippen LogP contribution in [0.2, 0.25) is 0 Å². The van der Waals surface area contributed by atoms with Gasteiger partial charge in [0.1, 0.15) is 5.75 Å². The van der Waals surface area contributed by atoms with Crippen LogP contribution in [0, 0.1) is 0 Å². The first-order chi connectivity index (χ1) is 12.7. The van der Waals surface area contributed by atoms with Gasteiger partial charge in [0.25, 0.3) is 5.91 Å². The summed E-state index contributed by atoms with van der Waals surface area (Å²) in [4.78, 5) is 16.3. The predicted molar refractivity (Wildman–Crippen MR) is 102 cm³/mol. The number of benzene rings is 1. The lowest BCUT2D eigenvalue weighted by Crippen LogP contribution is -2.41. The smallest absolute Gasteiger partial charge is 0.287 e. The number of hydrogen-bond donors (Lipinski definition) is 3. The predicted octanol–water partition coefficient (Wildman–Crippen LogP) is 1.82. The quantitative estimate of drug-likeness (QED) is 0.361. The molecule has 1 aromatic carbocycles. The zero-order chi connectivity index (χ0) is 18.6. The van der Waals surface area contributed by atoms with E-state index in [9.17, 15) is 4.79 Å². The minimum Gasteiger partial charge on any atom is -0.496 e. The standard InChI is InChI=1S/C19H26N4O3/c1-3-20-19(22-11-10-15-7-4-5-8-16(15)25-2)23-13-12-21-18(24)17-9-6-14-26-17/h4-9,14H,3,10-13H2,1-2H3,(H,21,24)(H2,20,22,23). The third-order valence-corrected chi connectivity index (χ3v) is 3.64. The summed E-state index contributed by atoms with van der Waals surface area (Å²) >= 11 is 0. The molecule has 0 radical (unpaired) electrons. The zero-order valence-corrected chi connectivity index (χ0v) is 15.2. The minimum absolute atomic E-state index is 0.227. The third kappa shape index (κ3) is 6.16. The molecule has 0 unspecified atom stereocenters. The highest BCUT2D eigenvalue weighted by molar-refractivity contribution is 5.91. The molecule has 0 bridgehead atoms. The first-order valence-electron chi connectivity index (χ1n) is 8.70. The fourth-order valence-corrected chi connectivity index (χ4v) is 2.39. The number of para-hydroxylation sites is 1. The molecule has 7 nitrogen and oxygen atoms in total. The van der Waals surface area contributed by atoms with E-state index in [1.54, 1.807) is 19.2 Å². The number of amides is 1. The van der Waals surface area contributed by atoms with E-state index < -0.39 is 0 Å². The van der Waals surface area contributed by atoms with E-state index in [-0.39, 0.29) is 5.91 Å². The Hall–Kier alpha value is -2.96. The number of nitrogens with zero attached hydrogens (tertiary/aromatic N) is 1. The van der Waals surface area contributed by atoms with E-state index >= 15 is 0 Å². The van der Waals surface area contributed by atoms with Crippen molar-refractivity contribution in [3.8, 4) is 5.75 Å².